The average Bonchev–Trinajstić information content (AvgIpc) is 2.76. The lowest BCUT2D eigenvalue weighted by molar-refractivity contribution is 0.426. The highest BCUT2D eigenvalue weighted by atomic mass is 15.1. The van der Waals surface area contributed by atoms with Crippen molar-refractivity contribution in [2.45, 2.75) is 32.2 Å². The van der Waals surface area contributed by atoms with Crippen molar-refractivity contribution in [1.29, 1.82) is 0 Å². The number of nitrogens with zero attached hydrogens (tertiary/aromatic N) is 2. The first kappa shape index (κ1) is 9.64. The minimum Gasteiger partial charge on any atom is -0.331 e. The van der Waals surface area contributed by atoms with Gasteiger partial charge in [0.15, 0.2) is 0 Å². The Bertz CT molecular complexity index is 485. The van der Waals surface area contributed by atoms with Gasteiger partial charge >= 0.3 is 0 Å². The van der Waals surface area contributed by atoms with E-state index in [1.165, 1.54) is 24.2 Å². The van der Waals surface area contributed by atoms with Crippen LogP contribution in [0.1, 0.15) is 31.6 Å². The topological polar surface area (TPSA) is 17.8 Å². The molecule has 1 aromatic heterocycles. The van der Waals surface area contributed by atoms with Crippen LogP contribution in [0.4, 0.5) is 0 Å². The first-order valence-corrected chi connectivity index (χ1v) is 5.98. The Morgan fingerprint density at radius 2 is 2.06 bits per heavy atom. The normalized spacial score (nSPS) is 19.4. The first-order chi connectivity index (χ1) is 7.84. The summed E-state index contributed by atoms with van der Waals surface area (Å²) in [5, 5.41) is 0. The quantitative estimate of drug-likeness (QED) is 0.708. The van der Waals surface area contributed by atoms with Crippen molar-refractivity contribution in [2.75, 3.05) is 0 Å². The van der Waals surface area contributed by atoms with Crippen molar-refractivity contribution in [2.24, 2.45) is 0 Å². The minimum absolute atomic E-state index is 0.605. The molecule has 2 aromatic rings. The summed E-state index contributed by atoms with van der Waals surface area (Å²) in [7, 11) is 0. The van der Waals surface area contributed by atoms with E-state index in [0.29, 0.717) is 6.04 Å². The number of benzene rings is 1. The maximum atomic E-state index is 4.73. The van der Waals surface area contributed by atoms with Crippen LogP contribution in [-0.2, 0) is 6.42 Å². The predicted octanol–water partition coefficient (Wildman–Crippen LogP) is 3.45. The van der Waals surface area contributed by atoms with Crippen molar-refractivity contribution < 1.29 is 0 Å². The molecule has 16 heavy (non-hydrogen) atoms. The fourth-order valence-corrected chi connectivity index (χ4v) is 2.44. The Kier molecular flexibility index (Phi) is 2.28. The molecule has 2 nitrogen and oxygen atoms in total. The van der Waals surface area contributed by atoms with Gasteiger partial charge in [0.25, 0.3) is 0 Å². The van der Waals surface area contributed by atoms with Gasteiger partial charge in [0.1, 0.15) is 5.82 Å². The van der Waals surface area contributed by atoms with Gasteiger partial charge in [-0.2, -0.15) is 0 Å². The zero-order valence-corrected chi connectivity index (χ0v) is 9.56. The molecule has 0 radical (unpaired) electrons. The molecule has 82 valence electrons. The molecule has 0 fully saturated rings. The summed E-state index contributed by atoms with van der Waals surface area (Å²) in [5.41, 5.74) is 2.33. The van der Waals surface area contributed by atoms with E-state index in [1.54, 1.807) is 0 Å². The highest BCUT2D eigenvalue weighted by Crippen LogP contribution is 2.27. The maximum Gasteiger partial charge on any atom is 0.109 e. The van der Waals surface area contributed by atoms with Gasteiger partial charge in [0, 0.05) is 24.2 Å². The summed E-state index contributed by atoms with van der Waals surface area (Å²) in [6.07, 6.45) is 5.87. The third-order valence-corrected chi connectivity index (χ3v) is 3.38. The summed E-state index contributed by atoms with van der Waals surface area (Å²) in [6, 6.07) is 11.0. The molecule has 2 heterocycles. The van der Waals surface area contributed by atoms with E-state index in [4.69, 9.17) is 4.98 Å². The van der Waals surface area contributed by atoms with Crippen molar-refractivity contribution >= 4 is 0 Å². The van der Waals surface area contributed by atoms with Gasteiger partial charge < -0.3 is 4.57 Å². The van der Waals surface area contributed by atoms with Gasteiger partial charge in [-0.3, -0.25) is 0 Å². The van der Waals surface area contributed by atoms with Crippen LogP contribution in [-0.4, -0.2) is 9.55 Å². The summed E-state index contributed by atoms with van der Waals surface area (Å²) < 4.78 is 2.34. The molecular weight excluding hydrogens is 196 g/mol. The lowest BCUT2D eigenvalue weighted by Crippen LogP contribution is -2.14. The highest BCUT2D eigenvalue weighted by molar-refractivity contribution is 5.58. The molecule has 0 saturated carbocycles. The van der Waals surface area contributed by atoms with Gasteiger partial charge in [0.2, 0.25) is 0 Å². The lowest BCUT2D eigenvalue weighted by Gasteiger charge is -2.20. The van der Waals surface area contributed by atoms with Crippen LogP contribution in [0.2, 0.25) is 0 Å². The first-order valence-electron chi connectivity index (χ1n) is 5.98. The Morgan fingerprint density at radius 3 is 2.81 bits per heavy atom. The summed E-state index contributed by atoms with van der Waals surface area (Å²) in [5.74, 6) is 1.25. The standard InChI is InChI=1S/C14H16N2/c1-11-6-5-9-14-15-13(10-16(11)14)12-7-3-2-4-8-12/h2-4,7-8,10-11H,5-6,9H2,1H3/t11-/m1/s1. The monoisotopic (exact) mass is 212 g/mol. The van der Waals surface area contributed by atoms with Crippen LogP contribution < -0.4 is 0 Å². The number of hydrogen-bond donors (Lipinski definition) is 0. The number of imidazole rings is 1. The third kappa shape index (κ3) is 1.54. The summed E-state index contributed by atoms with van der Waals surface area (Å²) >= 11 is 0. The second-order valence-corrected chi connectivity index (χ2v) is 4.56. The number of fused-ring (bicyclic) bond motifs is 1. The van der Waals surface area contributed by atoms with Crippen molar-refractivity contribution in [1.82, 2.24) is 9.55 Å². The fourth-order valence-electron chi connectivity index (χ4n) is 2.44. The van der Waals surface area contributed by atoms with Gasteiger partial charge in [-0.25, -0.2) is 4.98 Å². The van der Waals surface area contributed by atoms with Gasteiger partial charge in [-0.05, 0) is 19.8 Å². The van der Waals surface area contributed by atoms with E-state index in [2.05, 4.69) is 42.0 Å². The SMILES string of the molecule is C[C@@H]1CCCc2nc(-c3ccccc3)cn21. The molecule has 0 amide bonds. The van der Waals surface area contributed by atoms with Crippen LogP contribution in [0.15, 0.2) is 36.5 Å². The summed E-state index contributed by atoms with van der Waals surface area (Å²) in [4.78, 5) is 4.73. The zero-order chi connectivity index (χ0) is 11.0. The number of hydrogen-bond acceptors (Lipinski definition) is 1. The van der Waals surface area contributed by atoms with Gasteiger partial charge in [0.05, 0.1) is 5.69 Å². The van der Waals surface area contributed by atoms with Crippen LogP contribution in [0.25, 0.3) is 11.3 Å². The number of rotatable bonds is 1. The maximum absolute atomic E-state index is 4.73. The molecule has 2 heteroatoms. The zero-order valence-electron chi connectivity index (χ0n) is 9.56. The molecule has 0 spiro atoms. The van der Waals surface area contributed by atoms with Gasteiger partial charge in [-0.1, -0.05) is 30.3 Å². The van der Waals surface area contributed by atoms with Crippen molar-refractivity contribution in [3.05, 3.63) is 42.4 Å². The highest BCUT2D eigenvalue weighted by Gasteiger charge is 2.18. The number of aromatic nitrogens is 2. The van der Waals surface area contributed by atoms with E-state index < -0.39 is 0 Å². The van der Waals surface area contributed by atoms with E-state index in [0.717, 1.165) is 12.1 Å². The number of aryl methyl sites for hydroxylation is 1. The Morgan fingerprint density at radius 1 is 1.25 bits per heavy atom. The Hall–Kier alpha value is -1.57. The third-order valence-electron chi connectivity index (χ3n) is 3.38. The van der Waals surface area contributed by atoms with Crippen LogP contribution in [0, 0.1) is 0 Å². The average molecular weight is 212 g/mol. The molecule has 0 N–H and O–H groups in total. The predicted molar refractivity (Wildman–Crippen MR) is 65.3 cm³/mol. The largest absolute Gasteiger partial charge is 0.331 e. The lowest BCUT2D eigenvalue weighted by atomic mass is 10.1. The van der Waals surface area contributed by atoms with E-state index in [-0.39, 0.29) is 0 Å². The van der Waals surface area contributed by atoms with E-state index >= 15 is 0 Å². The molecule has 0 bridgehead atoms. The molecule has 3 rings (SSSR count). The van der Waals surface area contributed by atoms with E-state index in [1.807, 2.05) is 6.07 Å². The van der Waals surface area contributed by atoms with Gasteiger partial charge in [-0.15, -0.1) is 0 Å². The van der Waals surface area contributed by atoms with Crippen molar-refractivity contribution in [3.8, 4) is 11.3 Å². The molecule has 0 saturated heterocycles. The Balaban J connectivity index is 2.05. The van der Waals surface area contributed by atoms with Crippen LogP contribution in [0.5, 0.6) is 0 Å². The summed E-state index contributed by atoms with van der Waals surface area (Å²) in [6.45, 7) is 2.28. The molecule has 1 aliphatic heterocycles. The second kappa shape index (κ2) is 3.78. The van der Waals surface area contributed by atoms with E-state index in [9.17, 15) is 0 Å². The van der Waals surface area contributed by atoms with Crippen molar-refractivity contribution in [3.63, 3.8) is 0 Å². The molecule has 0 unspecified atom stereocenters. The Labute approximate surface area is 95.9 Å². The molecule has 1 atom stereocenters. The minimum atomic E-state index is 0.605. The smallest absolute Gasteiger partial charge is 0.109 e. The fraction of sp³-hybridized carbons (Fsp3) is 0.357. The molecule has 0 aliphatic carbocycles. The molecule has 1 aliphatic rings. The van der Waals surface area contributed by atoms with Crippen LogP contribution in [0.3, 0.4) is 0 Å². The molecule has 1 aromatic carbocycles. The second-order valence-electron chi connectivity index (χ2n) is 4.56. The molecular formula is C14H16N2. The van der Waals surface area contributed by atoms with Crippen LogP contribution >= 0.6 is 0 Å².